The van der Waals surface area contributed by atoms with Gasteiger partial charge in [-0.1, -0.05) is 11.6 Å². The van der Waals surface area contributed by atoms with Gasteiger partial charge in [-0.05, 0) is 25.0 Å². The van der Waals surface area contributed by atoms with Gasteiger partial charge in [0.1, 0.15) is 10.7 Å². The van der Waals surface area contributed by atoms with Crippen molar-refractivity contribution in [3.63, 3.8) is 0 Å². The molecule has 1 fully saturated rings. The Hall–Kier alpha value is -0.730. The van der Waals surface area contributed by atoms with Gasteiger partial charge in [-0.2, -0.15) is 0 Å². The van der Waals surface area contributed by atoms with Gasteiger partial charge >= 0.3 is 0 Å². The fourth-order valence-corrected chi connectivity index (χ4v) is 3.78. The SMILES string of the molecule is O=S(=O)(NC1CCOCC1)c1cc(Cl)cc(CO)c1F. The second-order valence-corrected chi connectivity index (χ2v) is 6.66. The molecule has 1 aliphatic heterocycles. The Morgan fingerprint density at radius 2 is 2.05 bits per heavy atom. The number of halogens is 2. The average molecular weight is 324 g/mol. The lowest BCUT2D eigenvalue weighted by molar-refractivity contribution is 0.0832. The van der Waals surface area contributed by atoms with Crippen molar-refractivity contribution in [2.24, 2.45) is 0 Å². The van der Waals surface area contributed by atoms with Crippen molar-refractivity contribution in [3.8, 4) is 0 Å². The third-order valence-electron chi connectivity index (χ3n) is 3.08. The predicted molar refractivity (Wildman–Crippen MR) is 71.5 cm³/mol. The Kier molecular flexibility index (Phi) is 4.98. The molecule has 1 saturated heterocycles. The maximum absolute atomic E-state index is 14.0. The number of hydrogen-bond acceptors (Lipinski definition) is 4. The molecule has 0 aromatic heterocycles. The van der Waals surface area contributed by atoms with Gasteiger partial charge in [0.05, 0.1) is 6.61 Å². The van der Waals surface area contributed by atoms with Gasteiger partial charge in [0, 0.05) is 29.8 Å². The molecule has 5 nitrogen and oxygen atoms in total. The molecule has 1 aromatic rings. The van der Waals surface area contributed by atoms with E-state index in [9.17, 15) is 12.8 Å². The average Bonchev–Trinajstić information content (AvgIpc) is 2.41. The Bertz CT molecular complexity index is 587. The summed E-state index contributed by atoms with van der Waals surface area (Å²) in [5, 5.41) is 9.08. The summed E-state index contributed by atoms with van der Waals surface area (Å²) >= 11 is 5.76. The van der Waals surface area contributed by atoms with Crippen molar-refractivity contribution in [3.05, 3.63) is 28.5 Å². The third-order valence-corrected chi connectivity index (χ3v) is 4.82. The molecule has 1 heterocycles. The highest BCUT2D eigenvalue weighted by Crippen LogP contribution is 2.24. The van der Waals surface area contributed by atoms with Crippen molar-refractivity contribution in [1.29, 1.82) is 0 Å². The van der Waals surface area contributed by atoms with Crippen LogP contribution >= 0.6 is 11.6 Å². The van der Waals surface area contributed by atoms with Gasteiger partial charge in [0.2, 0.25) is 10.0 Å². The zero-order valence-corrected chi connectivity index (χ0v) is 12.2. The van der Waals surface area contributed by atoms with Crippen LogP contribution in [-0.4, -0.2) is 32.8 Å². The first-order valence-electron chi connectivity index (χ1n) is 6.13. The van der Waals surface area contributed by atoms with Gasteiger partial charge in [0.15, 0.2) is 0 Å². The standard InChI is InChI=1S/C12H15ClFNO4S/c13-9-5-8(7-16)12(14)11(6-9)20(17,18)15-10-1-3-19-4-2-10/h5-6,10,15-16H,1-4,7H2. The van der Waals surface area contributed by atoms with E-state index in [1.165, 1.54) is 6.07 Å². The minimum atomic E-state index is -4.02. The van der Waals surface area contributed by atoms with Gasteiger partial charge in [-0.15, -0.1) is 0 Å². The van der Waals surface area contributed by atoms with Gasteiger partial charge in [-0.3, -0.25) is 0 Å². The highest BCUT2D eigenvalue weighted by molar-refractivity contribution is 7.89. The zero-order chi connectivity index (χ0) is 14.8. The van der Waals surface area contributed by atoms with E-state index < -0.39 is 27.3 Å². The summed E-state index contributed by atoms with van der Waals surface area (Å²) in [7, 11) is -4.02. The molecule has 0 radical (unpaired) electrons. The molecule has 0 spiro atoms. The molecule has 0 atom stereocenters. The van der Waals surface area contributed by atoms with Crippen LogP contribution in [0.5, 0.6) is 0 Å². The summed E-state index contributed by atoms with van der Waals surface area (Å²) in [6.07, 6.45) is 1.07. The molecule has 2 rings (SSSR count). The normalized spacial score (nSPS) is 17.4. The molecular weight excluding hydrogens is 309 g/mol. The molecular formula is C12H15ClFNO4S. The molecule has 112 valence electrons. The molecule has 8 heteroatoms. The topological polar surface area (TPSA) is 75.6 Å². The monoisotopic (exact) mass is 323 g/mol. The Morgan fingerprint density at radius 1 is 1.40 bits per heavy atom. The van der Waals surface area contributed by atoms with Gasteiger partial charge in [-0.25, -0.2) is 17.5 Å². The minimum absolute atomic E-state index is 0.0582. The molecule has 0 amide bonds. The van der Waals surface area contributed by atoms with E-state index in [4.69, 9.17) is 21.4 Å². The third kappa shape index (κ3) is 3.48. The van der Waals surface area contributed by atoms with Crippen molar-refractivity contribution >= 4 is 21.6 Å². The first-order chi connectivity index (χ1) is 9.44. The number of hydrogen-bond donors (Lipinski definition) is 2. The predicted octanol–water partition coefficient (Wildman–Crippen LogP) is 1.43. The maximum atomic E-state index is 14.0. The summed E-state index contributed by atoms with van der Waals surface area (Å²) in [5.41, 5.74) is -0.148. The van der Waals surface area contributed by atoms with Crippen LogP contribution in [0.15, 0.2) is 17.0 Å². The molecule has 1 aromatic carbocycles. The lowest BCUT2D eigenvalue weighted by Crippen LogP contribution is -2.39. The fraction of sp³-hybridized carbons (Fsp3) is 0.500. The molecule has 2 N–H and O–H groups in total. The van der Waals surface area contributed by atoms with Crippen LogP contribution in [0.25, 0.3) is 0 Å². The Balaban J connectivity index is 2.31. The first kappa shape index (κ1) is 15.7. The molecule has 20 heavy (non-hydrogen) atoms. The summed E-state index contributed by atoms with van der Waals surface area (Å²) in [6, 6.07) is 1.95. The maximum Gasteiger partial charge on any atom is 0.243 e. The Labute approximate surface area is 121 Å². The largest absolute Gasteiger partial charge is 0.392 e. The van der Waals surface area contributed by atoms with Crippen molar-refractivity contribution in [2.75, 3.05) is 13.2 Å². The number of nitrogens with one attached hydrogen (secondary N) is 1. The van der Waals surface area contributed by atoms with Crippen molar-refractivity contribution in [1.82, 2.24) is 4.72 Å². The summed E-state index contributed by atoms with van der Waals surface area (Å²) in [6.45, 7) is 0.312. The number of benzene rings is 1. The lowest BCUT2D eigenvalue weighted by Gasteiger charge is -2.23. The van der Waals surface area contributed by atoms with E-state index in [1.54, 1.807) is 0 Å². The molecule has 0 unspecified atom stereocenters. The second-order valence-electron chi connectivity index (χ2n) is 4.54. The zero-order valence-electron chi connectivity index (χ0n) is 10.6. The van der Waals surface area contributed by atoms with E-state index in [-0.39, 0.29) is 16.6 Å². The molecule has 0 aliphatic carbocycles. The van der Waals surface area contributed by atoms with E-state index in [2.05, 4.69) is 4.72 Å². The van der Waals surface area contributed by atoms with Crippen molar-refractivity contribution in [2.45, 2.75) is 30.4 Å². The summed E-state index contributed by atoms with van der Waals surface area (Å²) < 4.78 is 46.0. The molecule has 0 bridgehead atoms. The first-order valence-corrected chi connectivity index (χ1v) is 7.99. The number of aliphatic hydroxyl groups is 1. The lowest BCUT2D eigenvalue weighted by atomic mass is 10.1. The van der Waals surface area contributed by atoms with Crippen LogP contribution in [0.1, 0.15) is 18.4 Å². The molecule has 1 aliphatic rings. The van der Waals surface area contributed by atoms with Crippen molar-refractivity contribution < 1.29 is 22.7 Å². The number of sulfonamides is 1. The van der Waals surface area contributed by atoms with Crippen LogP contribution in [0.4, 0.5) is 4.39 Å². The van der Waals surface area contributed by atoms with Gasteiger partial charge in [0.25, 0.3) is 0 Å². The Morgan fingerprint density at radius 3 is 2.65 bits per heavy atom. The number of ether oxygens (including phenoxy) is 1. The molecule has 0 saturated carbocycles. The van der Waals surface area contributed by atoms with Crippen LogP contribution in [0.3, 0.4) is 0 Å². The highest BCUT2D eigenvalue weighted by atomic mass is 35.5. The van der Waals surface area contributed by atoms with Gasteiger partial charge < -0.3 is 9.84 Å². The highest BCUT2D eigenvalue weighted by Gasteiger charge is 2.26. The van der Waals surface area contributed by atoms with Crippen LogP contribution in [0.2, 0.25) is 5.02 Å². The second kappa shape index (κ2) is 6.36. The summed E-state index contributed by atoms with van der Waals surface area (Å²) in [5.74, 6) is -0.976. The van der Waals surface area contributed by atoms with Crippen LogP contribution in [-0.2, 0) is 21.4 Å². The van der Waals surface area contributed by atoms with Crippen LogP contribution in [0, 0.1) is 5.82 Å². The fourth-order valence-electron chi connectivity index (χ4n) is 2.03. The minimum Gasteiger partial charge on any atom is -0.392 e. The van der Waals surface area contributed by atoms with E-state index in [0.29, 0.717) is 26.1 Å². The smallest absolute Gasteiger partial charge is 0.243 e. The quantitative estimate of drug-likeness (QED) is 0.879. The number of aliphatic hydroxyl groups excluding tert-OH is 1. The summed E-state index contributed by atoms with van der Waals surface area (Å²) in [4.78, 5) is -0.541. The number of rotatable bonds is 4. The van der Waals surface area contributed by atoms with E-state index in [0.717, 1.165) is 6.07 Å². The van der Waals surface area contributed by atoms with Crippen LogP contribution < -0.4 is 4.72 Å². The van der Waals surface area contributed by atoms with E-state index >= 15 is 0 Å². The van der Waals surface area contributed by atoms with E-state index in [1.807, 2.05) is 0 Å².